The van der Waals surface area contributed by atoms with Crippen LogP contribution in [0.25, 0.3) is 23.2 Å². The van der Waals surface area contributed by atoms with Crippen molar-refractivity contribution in [2.75, 3.05) is 10.6 Å². The number of amides is 1. The largest absolute Gasteiger partial charge is 0.355 e. The number of anilines is 3. The highest BCUT2D eigenvalue weighted by molar-refractivity contribution is 5.90. The Balaban J connectivity index is 1.61. The van der Waals surface area contributed by atoms with Crippen LogP contribution in [0.1, 0.15) is 12.6 Å². The molecule has 0 saturated carbocycles. The molecule has 0 spiro atoms. The van der Waals surface area contributed by atoms with Crippen molar-refractivity contribution in [2.45, 2.75) is 6.92 Å². The van der Waals surface area contributed by atoms with E-state index in [2.05, 4.69) is 20.7 Å². The molecule has 144 valence electrons. The molecule has 0 unspecified atom stereocenters. The highest BCUT2D eigenvalue weighted by atomic mass is 19.1. The molecule has 29 heavy (non-hydrogen) atoms. The summed E-state index contributed by atoms with van der Waals surface area (Å²) in [4.78, 5) is 15.5. The minimum absolute atomic E-state index is 0.131. The Hall–Kier alpha value is -4.00. The van der Waals surface area contributed by atoms with E-state index in [1.807, 2.05) is 48.7 Å². The number of hydrogen-bond donors (Lipinski definition) is 2. The monoisotopic (exact) mass is 387 g/mol. The van der Waals surface area contributed by atoms with Gasteiger partial charge < -0.3 is 10.6 Å². The maximum absolute atomic E-state index is 13.8. The fourth-order valence-electron chi connectivity index (χ4n) is 2.91. The molecule has 0 saturated heterocycles. The van der Waals surface area contributed by atoms with Crippen molar-refractivity contribution < 1.29 is 9.18 Å². The first-order chi connectivity index (χ1) is 14.1. The smallest absolute Gasteiger partial charge is 0.221 e. The normalized spacial score (nSPS) is 11.1. The Morgan fingerprint density at radius 1 is 1.10 bits per heavy atom. The molecule has 2 aromatic carbocycles. The third kappa shape index (κ3) is 4.30. The second kappa shape index (κ2) is 7.93. The molecule has 4 aromatic rings. The lowest BCUT2D eigenvalue weighted by atomic mass is 10.2. The first kappa shape index (κ1) is 18.4. The Labute approximate surface area is 166 Å². The third-order valence-electron chi connectivity index (χ3n) is 4.24. The number of fused-ring (bicyclic) bond motifs is 1. The first-order valence-corrected chi connectivity index (χ1v) is 8.99. The van der Waals surface area contributed by atoms with Gasteiger partial charge in [-0.05, 0) is 54.6 Å². The molecule has 7 heteroatoms. The van der Waals surface area contributed by atoms with Gasteiger partial charge in [0.15, 0.2) is 0 Å². The molecular weight excluding hydrogens is 369 g/mol. The average molecular weight is 387 g/mol. The number of carbonyl (C=O) groups is 1. The summed E-state index contributed by atoms with van der Waals surface area (Å²) >= 11 is 0. The number of nitrogens with one attached hydrogen (secondary N) is 2. The standard InChI is InChI=1S/C22H18FN5O/c1-15(29)26-21-12-18(7-8-20(21)23)27-19-6-5-16-14-25-28(22(16)13-19)11-9-17-4-2-3-10-24-17/h2-14,27H,1H3,(H,26,29). The fraction of sp³-hybridized carbons (Fsp3) is 0.0455. The molecule has 0 fully saturated rings. The van der Waals surface area contributed by atoms with Crippen LogP contribution in [0, 0.1) is 5.82 Å². The Morgan fingerprint density at radius 2 is 1.93 bits per heavy atom. The quantitative estimate of drug-likeness (QED) is 0.511. The molecule has 2 aromatic heterocycles. The van der Waals surface area contributed by atoms with E-state index >= 15 is 0 Å². The van der Waals surface area contributed by atoms with Gasteiger partial charge in [0.05, 0.1) is 23.1 Å². The predicted octanol–water partition coefficient (Wildman–Crippen LogP) is 4.90. The predicted molar refractivity (Wildman–Crippen MR) is 113 cm³/mol. The number of benzene rings is 2. The van der Waals surface area contributed by atoms with Gasteiger partial charge in [0, 0.05) is 36.1 Å². The highest BCUT2D eigenvalue weighted by Crippen LogP contribution is 2.25. The Morgan fingerprint density at radius 3 is 2.72 bits per heavy atom. The van der Waals surface area contributed by atoms with Crippen LogP contribution in [0.5, 0.6) is 0 Å². The first-order valence-electron chi connectivity index (χ1n) is 8.99. The van der Waals surface area contributed by atoms with Crippen molar-refractivity contribution in [1.82, 2.24) is 14.8 Å². The Bertz CT molecular complexity index is 1200. The van der Waals surface area contributed by atoms with E-state index in [0.29, 0.717) is 5.69 Å². The lowest BCUT2D eigenvalue weighted by molar-refractivity contribution is -0.114. The van der Waals surface area contributed by atoms with Gasteiger partial charge >= 0.3 is 0 Å². The third-order valence-corrected chi connectivity index (χ3v) is 4.24. The van der Waals surface area contributed by atoms with E-state index in [1.54, 1.807) is 29.2 Å². The second-order valence-electron chi connectivity index (χ2n) is 6.43. The lowest BCUT2D eigenvalue weighted by Gasteiger charge is -2.10. The van der Waals surface area contributed by atoms with Crippen LogP contribution in [0.15, 0.2) is 67.0 Å². The van der Waals surface area contributed by atoms with Gasteiger partial charge in [-0.2, -0.15) is 5.10 Å². The molecule has 0 aliphatic heterocycles. The van der Waals surface area contributed by atoms with Crippen molar-refractivity contribution in [3.63, 3.8) is 0 Å². The number of aromatic nitrogens is 3. The molecule has 0 aliphatic carbocycles. The molecular formula is C22H18FN5O. The number of halogens is 1. The van der Waals surface area contributed by atoms with E-state index in [0.717, 1.165) is 22.3 Å². The van der Waals surface area contributed by atoms with Crippen LogP contribution in [-0.2, 0) is 4.79 Å². The van der Waals surface area contributed by atoms with Crippen molar-refractivity contribution in [3.05, 3.63) is 78.5 Å². The van der Waals surface area contributed by atoms with E-state index < -0.39 is 5.82 Å². The van der Waals surface area contributed by atoms with Gasteiger partial charge in [0.25, 0.3) is 0 Å². The van der Waals surface area contributed by atoms with E-state index in [4.69, 9.17) is 0 Å². The van der Waals surface area contributed by atoms with Crippen molar-refractivity contribution in [1.29, 1.82) is 0 Å². The van der Waals surface area contributed by atoms with Gasteiger partial charge in [0.2, 0.25) is 5.91 Å². The molecule has 2 N–H and O–H groups in total. The maximum atomic E-state index is 13.8. The fourth-order valence-corrected chi connectivity index (χ4v) is 2.91. The molecule has 6 nitrogen and oxygen atoms in total. The minimum Gasteiger partial charge on any atom is -0.355 e. The van der Waals surface area contributed by atoms with Crippen molar-refractivity contribution in [2.24, 2.45) is 0 Å². The van der Waals surface area contributed by atoms with Crippen LogP contribution >= 0.6 is 0 Å². The Kier molecular flexibility index (Phi) is 5.03. The lowest BCUT2D eigenvalue weighted by Crippen LogP contribution is -2.07. The van der Waals surface area contributed by atoms with Gasteiger partial charge in [-0.15, -0.1) is 0 Å². The zero-order valence-corrected chi connectivity index (χ0v) is 15.6. The SMILES string of the molecule is CC(=O)Nc1cc(Nc2ccc3cnn(C=Cc4ccccn4)c3c2)ccc1F. The van der Waals surface area contributed by atoms with Crippen LogP contribution < -0.4 is 10.6 Å². The van der Waals surface area contributed by atoms with E-state index in [-0.39, 0.29) is 11.6 Å². The van der Waals surface area contributed by atoms with Gasteiger partial charge in [-0.1, -0.05) is 6.07 Å². The van der Waals surface area contributed by atoms with Crippen LogP contribution in [0.4, 0.5) is 21.5 Å². The number of rotatable bonds is 5. The summed E-state index contributed by atoms with van der Waals surface area (Å²) in [6.07, 6.45) is 7.25. The topological polar surface area (TPSA) is 71.8 Å². The number of carbonyl (C=O) groups excluding carboxylic acids is 1. The molecule has 0 aliphatic rings. The molecule has 2 heterocycles. The molecule has 4 rings (SSSR count). The molecule has 0 bridgehead atoms. The second-order valence-corrected chi connectivity index (χ2v) is 6.43. The summed E-state index contributed by atoms with van der Waals surface area (Å²) in [5.41, 5.74) is 3.34. The van der Waals surface area contributed by atoms with E-state index in [1.165, 1.54) is 13.0 Å². The van der Waals surface area contributed by atoms with Gasteiger partial charge in [-0.25, -0.2) is 9.07 Å². The average Bonchev–Trinajstić information content (AvgIpc) is 3.12. The minimum atomic E-state index is -0.487. The zero-order chi connectivity index (χ0) is 20.2. The highest BCUT2D eigenvalue weighted by Gasteiger charge is 2.07. The summed E-state index contributed by atoms with van der Waals surface area (Å²) in [7, 11) is 0. The van der Waals surface area contributed by atoms with Crippen LogP contribution in [0.2, 0.25) is 0 Å². The summed E-state index contributed by atoms with van der Waals surface area (Å²) in [6, 6.07) is 16.0. The van der Waals surface area contributed by atoms with Gasteiger partial charge in [-0.3, -0.25) is 9.78 Å². The summed E-state index contributed by atoms with van der Waals surface area (Å²) in [6.45, 7) is 1.34. The van der Waals surface area contributed by atoms with Gasteiger partial charge in [0.1, 0.15) is 5.82 Å². The molecule has 0 atom stereocenters. The van der Waals surface area contributed by atoms with Crippen molar-refractivity contribution in [3.8, 4) is 0 Å². The summed E-state index contributed by atoms with van der Waals surface area (Å²) in [5, 5.41) is 11.1. The maximum Gasteiger partial charge on any atom is 0.221 e. The van der Waals surface area contributed by atoms with Crippen molar-refractivity contribution >= 4 is 46.1 Å². The van der Waals surface area contributed by atoms with Crippen LogP contribution in [0.3, 0.4) is 0 Å². The number of pyridine rings is 1. The summed E-state index contributed by atoms with van der Waals surface area (Å²) < 4.78 is 15.6. The van der Waals surface area contributed by atoms with E-state index in [9.17, 15) is 9.18 Å². The molecule has 0 radical (unpaired) electrons. The molecule has 1 amide bonds. The number of nitrogens with zero attached hydrogens (tertiary/aromatic N) is 3. The van der Waals surface area contributed by atoms with Crippen LogP contribution in [-0.4, -0.2) is 20.7 Å². The number of hydrogen-bond acceptors (Lipinski definition) is 4. The zero-order valence-electron chi connectivity index (χ0n) is 15.6. The summed E-state index contributed by atoms with van der Waals surface area (Å²) in [5.74, 6) is -0.815.